The molecule has 5 N–H and O–H groups in total. The van der Waals surface area contributed by atoms with Gasteiger partial charge in [-0.1, -0.05) is 54.4 Å². The molecule has 0 aliphatic heterocycles. The number of unbranched alkanes of at least 4 members (excludes halogenated alkanes) is 1. The van der Waals surface area contributed by atoms with E-state index in [1.807, 2.05) is 0 Å². The van der Waals surface area contributed by atoms with Crippen molar-refractivity contribution in [1.82, 2.24) is 15.1 Å². The highest BCUT2D eigenvalue weighted by molar-refractivity contribution is 5.79. The number of amides is 1. The van der Waals surface area contributed by atoms with E-state index in [1.54, 1.807) is 0 Å². The summed E-state index contributed by atoms with van der Waals surface area (Å²) in [5, 5.41) is 26.5. The van der Waals surface area contributed by atoms with Crippen LogP contribution in [-0.4, -0.2) is 104 Å². The number of nitrogens with zero attached hydrogens (tertiary/aromatic N) is 2. The summed E-state index contributed by atoms with van der Waals surface area (Å²) in [6, 6.07) is 0. The van der Waals surface area contributed by atoms with Crippen LogP contribution in [0.2, 0.25) is 0 Å². The number of hydrogen-bond donors (Lipinski definition) is 4. The quantitative estimate of drug-likeness (QED) is 0.0928. The van der Waals surface area contributed by atoms with E-state index in [4.69, 9.17) is 10.5 Å². The molecule has 0 bridgehead atoms. The summed E-state index contributed by atoms with van der Waals surface area (Å²) in [5.41, 5.74) is 5.24. The van der Waals surface area contributed by atoms with Crippen molar-refractivity contribution in [1.29, 1.82) is 0 Å². The van der Waals surface area contributed by atoms with Crippen molar-refractivity contribution in [3.8, 4) is 0 Å². The van der Waals surface area contributed by atoms with E-state index in [9.17, 15) is 19.8 Å². The van der Waals surface area contributed by atoms with Crippen LogP contribution in [-0.2, 0) is 14.3 Å². The van der Waals surface area contributed by atoms with Gasteiger partial charge >= 0.3 is 5.97 Å². The Kier molecular flexibility index (Phi) is 15.5. The van der Waals surface area contributed by atoms with Crippen molar-refractivity contribution in [3.63, 3.8) is 0 Å². The molecule has 0 unspecified atom stereocenters. The van der Waals surface area contributed by atoms with Crippen LogP contribution in [0.5, 0.6) is 0 Å². The number of aliphatic hydroxyl groups excluding tert-OH is 2. The van der Waals surface area contributed by atoms with Crippen LogP contribution in [0.1, 0.15) is 132 Å². The maximum absolute atomic E-state index is 14.4. The number of carbonyl (C=O) groups is 2. The topological polar surface area (TPSA) is 128 Å². The van der Waals surface area contributed by atoms with Gasteiger partial charge in [0.1, 0.15) is 6.10 Å². The van der Waals surface area contributed by atoms with Crippen molar-refractivity contribution in [2.45, 2.75) is 150 Å². The number of nitrogens with two attached hydrogens (primary N) is 1. The van der Waals surface area contributed by atoms with Crippen LogP contribution in [0.3, 0.4) is 0 Å². The monoisotopic (exact) mass is 733 g/mol. The normalized spacial score (nSPS) is 37.8. The van der Waals surface area contributed by atoms with Crippen LogP contribution < -0.4 is 11.1 Å². The predicted molar refractivity (Wildman–Crippen MR) is 210 cm³/mol. The zero-order valence-corrected chi connectivity index (χ0v) is 34.8. The third kappa shape index (κ3) is 9.39. The van der Waals surface area contributed by atoms with Crippen LogP contribution >= 0.6 is 0 Å². The number of rotatable bonds is 19. The predicted octanol–water partition coefficient (Wildman–Crippen LogP) is 6.10. The Morgan fingerprint density at radius 2 is 1.50 bits per heavy atom. The number of ether oxygens (including phenoxy) is 1. The van der Waals surface area contributed by atoms with E-state index >= 15 is 0 Å². The van der Waals surface area contributed by atoms with Crippen LogP contribution in [0, 0.1) is 57.7 Å². The molecule has 0 aromatic heterocycles. The third-order valence-electron chi connectivity index (χ3n) is 15.5. The molecule has 9 nitrogen and oxygen atoms in total. The minimum absolute atomic E-state index is 0.0594. The summed E-state index contributed by atoms with van der Waals surface area (Å²) in [7, 11) is 4.34. The molecule has 0 spiro atoms. The number of carbonyl (C=O) groups excluding carboxylic acids is 2. The Balaban J connectivity index is 1.49. The molecule has 4 aliphatic carbocycles. The van der Waals surface area contributed by atoms with Crippen molar-refractivity contribution in [2.24, 2.45) is 63.4 Å². The third-order valence-corrected chi connectivity index (χ3v) is 15.5. The molecule has 12 atom stereocenters. The molecule has 0 saturated heterocycles. The first kappa shape index (κ1) is 43.5. The summed E-state index contributed by atoms with van der Waals surface area (Å²) in [4.78, 5) is 31.8. The number of nitrogens with one attached hydrogen (secondary N) is 1. The lowest BCUT2D eigenvalue weighted by atomic mass is 9.36. The van der Waals surface area contributed by atoms with Gasteiger partial charge in [0.2, 0.25) is 5.91 Å². The number of aliphatic hydroxyl groups is 2. The molecule has 52 heavy (non-hydrogen) atoms. The highest BCUT2D eigenvalue weighted by Crippen LogP contribution is 2.74. The minimum Gasteiger partial charge on any atom is -0.462 e. The highest BCUT2D eigenvalue weighted by Gasteiger charge is 2.72. The fraction of sp³-hybridized carbons (Fsp3) is 0.953. The first-order chi connectivity index (χ1) is 24.5. The van der Waals surface area contributed by atoms with Crippen molar-refractivity contribution < 1.29 is 24.5 Å². The molecule has 4 saturated carbocycles. The zero-order chi connectivity index (χ0) is 38.4. The average Bonchev–Trinajstić information content (AvgIpc) is 3.34. The van der Waals surface area contributed by atoms with E-state index in [2.05, 4.69) is 70.8 Å². The van der Waals surface area contributed by atoms with Gasteiger partial charge in [-0.3, -0.25) is 9.59 Å². The van der Waals surface area contributed by atoms with E-state index in [0.717, 1.165) is 103 Å². The summed E-state index contributed by atoms with van der Waals surface area (Å²) in [6.07, 6.45) is 11.0. The van der Waals surface area contributed by atoms with Gasteiger partial charge in [0.05, 0.1) is 12.2 Å². The molecule has 0 radical (unpaired) electrons. The van der Waals surface area contributed by atoms with Crippen molar-refractivity contribution in [3.05, 3.63) is 0 Å². The molecule has 0 heterocycles. The summed E-state index contributed by atoms with van der Waals surface area (Å²) >= 11 is 0. The minimum atomic E-state index is -0.488. The maximum Gasteiger partial charge on any atom is 0.302 e. The van der Waals surface area contributed by atoms with E-state index in [0.29, 0.717) is 24.8 Å². The number of esters is 1. The van der Waals surface area contributed by atoms with Gasteiger partial charge in [0, 0.05) is 25.3 Å². The van der Waals surface area contributed by atoms with Gasteiger partial charge in [0.15, 0.2) is 0 Å². The molecule has 4 rings (SSSR count). The lowest BCUT2D eigenvalue weighted by molar-refractivity contribution is -0.239. The maximum atomic E-state index is 14.4. The molecular formula is C43H80N4O5. The Labute approximate surface area is 317 Å². The number of fused-ring (bicyclic) bond motifs is 5. The second kappa shape index (κ2) is 18.6. The molecule has 0 aromatic carbocycles. The van der Waals surface area contributed by atoms with E-state index in [1.165, 1.54) is 13.3 Å². The second-order valence-corrected chi connectivity index (χ2v) is 19.3. The second-order valence-electron chi connectivity index (χ2n) is 19.3. The Morgan fingerprint density at radius 3 is 2.12 bits per heavy atom. The molecular weight excluding hydrogens is 652 g/mol. The summed E-state index contributed by atoms with van der Waals surface area (Å²) in [5.74, 6) is 0.745. The van der Waals surface area contributed by atoms with Gasteiger partial charge in [0.25, 0.3) is 0 Å². The smallest absolute Gasteiger partial charge is 0.302 e. The molecule has 4 fully saturated rings. The van der Waals surface area contributed by atoms with Gasteiger partial charge < -0.3 is 35.8 Å². The highest BCUT2D eigenvalue weighted by atomic mass is 16.5. The fourth-order valence-corrected chi connectivity index (χ4v) is 12.6. The SMILES string of the molecule is CC(=O)O[C@H]1C[C@@]2(C)[C@@H](C[C@@H](O)[C@H]3[C@@]4(C)CC[C@@H](O)[C@@H](C)[C@@H]4CC[C@@]32C)[C@@H]1[C@H](CCCC(C)C)C(=O)NCCCN(C)CCCCN(C)CCCN. The zero-order valence-electron chi connectivity index (χ0n) is 34.8. The Morgan fingerprint density at radius 1 is 0.865 bits per heavy atom. The fourth-order valence-electron chi connectivity index (χ4n) is 12.6. The van der Waals surface area contributed by atoms with E-state index < -0.39 is 6.10 Å². The molecule has 9 heteroatoms. The molecule has 4 aliphatic rings. The Bertz CT molecular complexity index is 1150. The van der Waals surface area contributed by atoms with Gasteiger partial charge in [-0.15, -0.1) is 0 Å². The van der Waals surface area contributed by atoms with Gasteiger partial charge in [-0.2, -0.15) is 0 Å². The van der Waals surface area contributed by atoms with Crippen LogP contribution in [0.15, 0.2) is 0 Å². The first-order valence-corrected chi connectivity index (χ1v) is 21.4. The van der Waals surface area contributed by atoms with Gasteiger partial charge in [-0.05, 0) is 163 Å². The lowest BCUT2D eigenvalue weighted by Gasteiger charge is -2.69. The van der Waals surface area contributed by atoms with E-state index in [-0.39, 0.29) is 69.9 Å². The van der Waals surface area contributed by atoms with Crippen molar-refractivity contribution in [2.75, 3.05) is 53.4 Å². The molecule has 0 aromatic rings. The summed E-state index contributed by atoms with van der Waals surface area (Å²) in [6.45, 7) is 20.9. The average molecular weight is 733 g/mol. The summed E-state index contributed by atoms with van der Waals surface area (Å²) < 4.78 is 6.25. The van der Waals surface area contributed by atoms with Crippen LogP contribution in [0.4, 0.5) is 0 Å². The standard InChI is InChI=1S/C43H80N4O5/c1-29(2)15-12-16-32(40(51)45-22-14-26-47(9)24-11-10-23-46(8)25-13-21-44)38-34-27-36(50)39-41(5)19-18-35(49)30(3)33(41)17-20-42(39,6)43(34,7)28-37(38)52-31(4)48/h29-30,32-39,49-50H,10-28,44H2,1-9H3,(H,45,51)/t30-,32-,33-,34-,35+,36+,37-,38-,39-,41-,42-,43-/m0/s1. The molecule has 302 valence electrons. The van der Waals surface area contributed by atoms with Crippen LogP contribution in [0.25, 0.3) is 0 Å². The lowest BCUT2D eigenvalue weighted by Crippen LogP contribution is -2.66. The number of hydrogen-bond acceptors (Lipinski definition) is 8. The van der Waals surface area contributed by atoms with Gasteiger partial charge in [-0.25, -0.2) is 0 Å². The first-order valence-electron chi connectivity index (χ1n) is 21.4. The largest absolute Gasteiger partial charge is 0.462 e. The molecule has 1 amide bonds. The van der Waals surface area contributed by atoms with Crippen molar-refractivity contribution >= 4 is 11.9 Å². The Hall–Kier alpha value is -1.26.